The van der Waals surface area contributed by atoms with Gasteiger partial charge in [0.15, 0.2) is 17.5 Å². The van der Waals surface area contributed by atoms with Crippen LogP contribution in [0.3, 0.4) is 0 Å². The first kappa shape index (κ1) is 32.1. The zero-order valence-corrected chi connectivity index (χ0v) is 30.7. The van der Waals surface area contributed by atoms with Crippen LogP contribution in [-0.2, 0) is 0 Å². The van der Waals surface area contributed by atoms with Gasteiger partial charge in [0.2, 0.25) is 0 Å². The van der Waals surface area contributed by atoms with E-state index in [0.29, 0.717) is 17.5 Å². The van der Waals surface area contributed by atoms with Crippen molar-refractivity contribution in [3.63, 3.8) is 0 Å². The van der Waals surface area contributed by atoms with Gasteiger partial charge in [0.05, 0.1) is 16.8 Å². The lowest BCUT2D eigenvalue weighted by atomic mass is 9.92. The molecule has 0 fully saturated rings. The molecule has 1 atom stereocenters. The summed E-state index contributed by atoms with van der Waals surface area (Å²) in [5, 5.41) is 8.06. The number of hydrogen-bond donors (Lipinski definition) is 0. The van der Waals surface area contributed by atoms with Crippen molar-refractivity contribution in [2.45, 2.75) is 19.3 Å². The molecule has 4 heteroatoms. The molecule has 0 saturated heterocycles. The van der Waals surface area contributed by atoms with Crippen LogP contribution in [0.15, 0.2) is 170 Å². The average Bonchev–Trinajstić information content (AvgIpc) is 3.61. The Bertz CT molecular complexity index is 3160. The van der Waals surface area contributed by atoms with E-state index in [4.69, 9.17) is 15.0 Å². The molecule has 0 bridgehead atoms. The fraction of sp³-hybridized carbons (Fsp3) is 0.0577. The van der Waals surface area contributed by atoms with E-state index in [9.17, 15) is 0 Å². The van der Waals surface area contributed by atoms with Gasteiger partial charge in [-0.3, -0.25) is 0 Å². The molecule has 0 amide bonds. The lowest BCUT2D eigenvalue weighted by Gasteiger charge is -2.20. The first-order valence-electron chi connectivity index (χ1n) is 19.2. The number of aromatic nitrogens is 4. The van der Waals surface area contributed by atoms with Crippen molar-refractivity contribution in [1.82, 2.24) is 19.5 Å². The molecule has 1 aliphatic rings. The molecule has 1 unspecified atom stereocenters. The highest BCUT2D eigenvalue weighted by molar-refractivity contribution is 6.06. The summed E-state index contributed by atoms with van der Waals surface area (Å²) in [4.78, 5) is 15.6. The van der Waals surface area contributed by atoms with Gasteiger partial charge in [-0.1, -0.05) is 158 Å². The molecule has 0 aliphatic heterocycles. The van der Waals surface area contributed by atoms with Gasteiger partial charge in [0.25, 0.3) is 0 Å². The lowest BCUT2D eigenvalue weighted by molar-refractivity contribution is 0.735. The summed E-state index contributed by atoms with van der Waals surface area (Å²) in [5.74, 6) is 9.24. The Morgan fingerprint density at radius 3 is 1.80 bits per heavy atom. The minimum Gasteiger partial charge on any atom is -0.311 e. The summed E-state index contributed by atoms with van der Waals surface area (Å²) in [6, 6.07) is 60.1. The van der Waals surface area contributed by atoms with Crippen molar-refractivity contribution in [3.8, 4) is 62.8 Å². The summed E-state index contributed by atoms with van der Waals surface area (Å²) in [6.07, 6.45) is 0.819. The van der Waals surface area contributed by atoms with Gasteiger partial charge in [-0.15, -0.1) is 0 Å². The molecule has 56 heavy (non-hydrogen) atoms. The Labute approximate surface area is 324 Å². The maximum Gasteiger partial charge on any atom is 0.164 e. The second kappa shape index (κ2) is 12.9. The fourth-order valence-corrected chi connectivity index (χ4v) is 8.54. The highest BCUT2D eigenvalue weighted by atomic mass is 15.0. The molecule has 2 aromatic heterocycles. The minimum absolute atomic E-state index is 0.262. The first-order chi connectivity index (χ1) is 27.7. The van der Waals surface area contributed by atoms with Crippen LogP contribution in [0.4, 0.5) is 0 Å². The van der Waals surface area contributed by atoms with E-state index in [1.807, 2.05) is 0 Å². The lowest BCUT2D eigenvalue weighted by Crippen LogP contribution is -2.08. The number of hydrogen-bond acceptors (Lipinski definition) is 3. The number of rotatable bonds is 5. The van der Waals surface area contributed by atoms with Gasteiger partial charge < -0.3 is 4.57 Å². The number of benzene rings is 8. The third-order valence-corrected chi connectivity index (χ3v) is 11.2. The predicted octanol–water partition coefficient (Wildman–Crippen LogP) is 12.8. The Hall–Kier alpha value is -7.35. The van der Waals surface area contributed by atoms with Gasteiger partial charge in [0.1, 0.15) is 0 Å². The average molecular weight is 715 g/mol. The highest BCUT2D eigenvalue weighted by Gasteiger charge is 2.27. The first-order valence-corrected chi connectivity index (χ1v) is 19.2. The molecule has 10 aromatic rings. The Morgan fingerprint density at radius 2 is 1.11 bits per heavy atom. The van der Waals surface area contributed by atoms with Gasteiger partial charge in [-0.2, -0.15) is 0 Å². The van der Waals surface area contributed by atoms with Crippen LogP contribution >= 0.6 is 0 Å². The van der Waals surface area contributed by atoms with Crippen molar-refractivity contribution < 1.29 is 0 Å². The molecule has 1 aliphatic carbocycles. The monoisotopic (exact) mass is 714 g/mol. The second-order valence-electron chi connectivity index (χ2n) is 14.7. The maximum atomic E-state index is 5.24. The third-order valence-electron chi connectivity index (χ3n) is 11.2. The van der Waals surface area contributed by atoms with E-state index in [-0.39, 0.29) is 5.92 Å². The van der Waals surface area contributed by atoms with Crippen LogP contribution in [0.25, 0.3) is 94.2 Å². The molecule has 0 radical (unpaired) electrons. The number of fused-ring (bicyclic) bond motifs is 6. The largest absolute Gasteiger partial charge is 0.311 e. The summed E-state index contributed by atoms with van der Waals surface area (Å²) in [5.41, 5.74) is 9.92. The van der Waals surface area contributed by atoms with Crippen molar-refractivity contribution in [2.24, 2.45) is 0 Å². The Morgan fingerprint density at radius 1 is 0.500 bits per heavy atom. The van der Waals surface area contributed by atoms with Gasteiger partial charge in [-0.25, -0.2) is 15.0 Å². The zero-order chi connectivity index (χ0) is 37.2. The zero-order valence-electron chi connectivity index (χ0n) is 30.7. The molecular formula is C52H34N4. The molecule has 2 heterocycles. The van der Waals surface area contributed by atoms with Crippen LogP contribution in [-0.4, -0.2) is 19.5 Å². The molecule has 262 valence electrons. The molecule has 8 aromatic carbocycles. The smallest absolute Gasteiger partial charge is 0.164 e. The molecule has 4 nitrogen and oxygen atoms in total. The topological polar surface area (TPSA) is 43.6 Å². The minimum atomic E-state index is 0.262. The third kappa shape index (κ3) is 5.21. The SMILES string of the molecule is CC1CC#Cc2c1n(-c1ccc(-c3nc(-c4ccc5ccccc5c4)nc(-c4ccc5ccccc5c4)n3)c3ccccc13)c1cccc(-c3ccccc3)c21. The van der Waals surface area contributed by atoms with E-state index in [1.54, 1.807) is 0 Å². The highest BCUT2D eigenvalue weighted by Crippen LogP contribution is 2.43. The van der Waals surface area contributed by atoms with E-state index in [1.165, 1.54) is 33.0 Å². The Kier molecular flexibility index (Phi) is 7.40. The van der Waals surface area contributed by atoms with Crippen LogP contribution in [0.2, 0.25) is 0 Å². The van der Waals surface area contributed by atoms with Gasteiger partial charge >= 0.3 is 0 Å². The van der Waals surface area contributed by atoms with E-state index in [0.717, 1.165) is 61.4 Å². The standard InChI is InChI=1S/C52H34N4/c1-33-13-11-23-45-48-41(36-16-3-2-4-17-36)22-12-24-47(48)56(49(33)45)46-30-29-44(42-20-9-10-21-43(42)46)52-54-50(39-27-25-34-14-5-7-18-37(34)31-39)53-51(55-52)40-28-26-35-15-6-8-19-38(35)32-40/h2-10,12,14-22,24-33H,13H2,1H3. The fourth-order valence-electron chi connectivity index (χ4n) is 8.54. The second-order valence-corrected chi connectivity index (χ2v) is 14.7. The van der Waals surface area contributed by atoms with Crippen LogP contribution in [0, 0.1) is 11.8 Å². The number of nitrogens with zero attached hydrogens (tertiary/aromatic N) is 4. The predicted molar refractivity (Wildman–Crippen MR) is 231 cm³/mol. The molecule has 11 rings (SSSR count). The molecular weight excluding hydrogens is 681 g/mol. The summed E-state index contributed by atoms with van der Waals surface area (Å²) >= 11 is 0. The molecule has 0 spiro atoms. The van der Waals surface area contributed by atoms with Gasteiger partial charge in [0, 0.05) is 45.5 Å². The van der Waals surface area contributed by atoms with Crippen molar-refractivity contribution in [2.75, 3.05) is 0 Å². The quantitative estimate of drug-likeness (QED) is 0.167. The van der Waals surface area contributed by atoms with E-state index < -0.39 is 0 Å². The summed E-state index contributed by atoms with van der Waals surface area (Å²) < 4.78 is 2.47. The molecule has 0 N–H and O–H groups in total. The van der Waals surface area contributed by atoms with Crippen LogP contribution < -0.4 is 0 Å². The maximum absolute atomic E-state index is 5.24. The molecule has 0 saturated carbocycles. The van der Waals surface area contributed by atoms with Crippen molar-refractivity contribution in [3.05, 3.63) is 181 Å². The van der Waals surface area contributed by atoms with Gasteiger partial charge in [-0.05, 0) is 68.4 Å². The van der Waals surface area contributed by atoms with Crippen molar-refractivity contribution in [1.29, 1.82) is 0 Å². The summed E-state index contributed by atoms with van der Waals surface area (Å²) in [7, 11) is 0. The normalized spacial score (nSPS) is 13.6. The van der Waals surface area contributed by atoms with E-state index >= 15 is 0 Å². The summed E-state index contributed by atoms with van der Waals surface area (Å²) in [6.45, 7) is 2.30. The van der Waals surface area contributed by atoms with Crippen molar-refractivity contribution >= 4 is 43.2 Å². The van der Waals surface area contributed by atoms with Crippen LogP contribution in [0.5, 0.6) is 0 Å². The Balaban J connectivity index is 1.15. The van der Waals surface area contributed by atoms with E-state index in [2.05, 4.69) is 193 Å². The van der Waals surface area contributed by atoms with Crippen LogP contribution in [0.1, 0.15) is 30.5 Å².